The number of fused-ring (bicyclic) bond motifs is 1. The number of anilines is 1. The fourth-order valence-corrected chi connectivity index (χ4v) is 1.63. The van der Waals surface area contributed by atoms with Crippen molar-refractivity contribution in [2.75, 3.05) is 19.4 Å². The summed E-state index contributed by atoms with van der Waals surface area (Å²) in [6.07, 6.45) is 1.86. The molecule has 1 heterocycles. The molecule has 1 aromatic rings. The first kappa shape index (κ1) is 10.2. The quantitative estimate of drug-likeness (QED) is 0.586. The largest absolute Gasteiger partial charge is 0.454 e. The zero-order chi connectivity index (χ0) is 10.8. The van der Waals surface area contributed by atoms with Gasteiger partial charge in [0.25, 0.3) is 0 Å². The molecule has 1 atom stereocenters. The molecule has 0 saturated heterocycles. The molecule has 0 fully saturated rings. The minimum atomic E-state index is -0.317. The molecule has 1 aliphatic heterocycles. The number of para-hydroxylation sites is 2. The lowest BCUT2D eigenvalue weighted by molar-refractivity contribution is 0.382. The van der Waals surface area contributed by atoms with E-state index in [1.54, 1.807) is 0 Å². The van der Waals surface area contributed by atoms with Crippen LogP contribution >= 0.6 is 11.6 Å². The maximum absolute atomic E-state index is 6.12. The van der Waals surface area contributed by atoms with Crippen molar-refractivity contribution in [1.29, 1.82) is 0 Å². The number of benzene rings is 1. The van der Waals surface area contributed by atoms with Crippen molar-refractivity contribution in [2.45, 2.75) is 5.50 Å². The Morgan fingerprint density at radius 2 is 2.13 bits per heavy atom. The first-order valence-electron chi connectivity index (χ1n) is 4.72. The number of nitrogens with zero attached hydrogens (tertiary/aromatic N) is 1. The third kappa shape index (κ3) is 2.18. The Kier molecular flexibility index (Phi) is 2.73. The Hall–Kier alpha value is -1.35. The zero-order valence-electron chi connectivity index (χ0n) is 8.70. The number of alkyl halides is 1. The first-order valence-corrected chi connectivity index (χ1v) is 5.16. The normalized spacial score (nSPS) is 21.5. The summed E-state index contributed by atoms with van der Waals surface area (Å²) >= 11 is 6.12. The Balaban J connectivity index is 2.29. The number of hydrogen-bond donors (Lipinski definition) is 1. The molecule has 0 spiro atoms. The molecular weight excluding hydrogens is 212 g/mol. The van der Waals surface area contributed by atoms with Gasteiger partial charge in [-0.15, -0.1) is 0 Å². The van der Waals surface area contributed by atoms with Crippen molar-refractivity contribution in [3.8, 4) is 5.75 Å². The molecule has 0 amide bonds. The van der Waals surface area contributed by atoms with Crippen molar-refractivity contribution in [1.82, 2.24) is 4.90 Å². The van der Waals surface area contributed by atoms with Crippen LogP contribution in [0.15, 0.2) is 36.2 Å². The number of hydrogen-bond acceptors (Lipinski definition) is 3. The standard InChI is InChI=1S/C11H13ClN2O/c1-14(2)7-10-11(12)13-8-5-3-4-6-9(8)15-10/h3-7,11,13H,1-2H3. The van der Waals surface area contributed by atoms with E-state index in [4.69, 9.17) is 16.3 Å². The second-order valence-corrected chi connectivity index (χ2v) is 4.04. The monoisotopic (exact) mass is 224 g/mol. The fraction of sp³-hybridized carbons (Fsp3) is 0.273. The van der Waals surface area contributed by atoms with E-state index in [-0.39, 0.29) is 5.50 Å². The Bertz CT molecular complexity index is 390. The summed E-state index contributed by atoms with van der Waals surface area (Å²) in [5, 5.41) is 3.16. The van der Waals surface area contributed by atoms with Crippen LogP contribution in [0.25, 0.3) is 0 Å². The number of rotatable bonds is 1. The number of ether oxygens (including phenoxy) is 1. The van der Waals surface area contributed by atoms with Crippen molar-refractivity contribution < 1.29 is 4.74 Å². The lowest BCUT2D eigenvalue weighted by Gasteiger charge is -2.26. The summed E-state index contributed by atoms with van der Waals surface area (Å²) < 4.78 is 5.68. The van der Waals surface area contributed by atoms with Crippen LogP contribution < -0.4 is 10.1 Å². The lowest BCUT2D eigenvalue weighted by Crippen LogP contribution is -2.25. The van der Waals surface area contributed by atoms with Crippen molar-refractivity contribution in [3.05, 3.63) is 36.2 Å². The summed E-state index contributed by atoms with van der Waals surface area (Å²) in [7, 11) is 3.86. The molecule has 2 rings (SSSR count). The molecule has 0 aliphatic carbocycles. The maximum atomic E-state index is 6.12. The van der Waals surface area contributed by atoms with E-state index in [1.165, 1.54) is 0 Å². The van der Waals surface area contributed by atoms with Crippen molar-refractivity contribution >= 4 is 17.3 Å². The zero-order valence-corrected chi connectivity index (χ0v) is 9.45. The van der Waals surface area contributed by atoms with Crippen LogP contribution in [0.1, 0.15) is 0 Å². The van der Waals surface area contributed by atoms with Crippen molar-refractivity contribution in [2.24, 2.45) is 0 Å². The first-order chi connectivity index (χ1) is 7.16. The van der Waals surface area contributed by atoms with Gasteiger partial charge in [0.1, 0.15) is 5.75 Å². The van der Waals surface area contributed by atoms with Gasteiger partial charge in [0.15, 0.2) is 11.3 Å². The van der Waals surface area contributed by atoms with Gasteiger partial charge < -0.3 is 15.0 Å². The van der Waals surface area contributed by atoms with Gasteiger partial charge in [-0.2, -0.15) is 0 Å². The Morgan fingerprint density at radius 1 is 1.40 bits per heavy atom. The smallest absolute Gasteiger partial charge is 0.162 e. The summed E-state index contributed by atoms with van der Waals surface area (Å²) in [5.41, 5.74) is 0.607. The van der Waals surface area contributed by atoms with Gasteiger partial charge in [-0.3, -0.25) is 0 Å². The van der Waals surface area contributed by atoms with Crippen molar-refractivity contribution in [3.63, 3.8) is 0 Å². The second-order valence-electron chi connectivity index (χ2n) is 3.60. The van der Waals surface area contributed by atoms with Crippen LogP contribution in [0.2, 0.25) is 0 Å². The third-order valence-electron chi connectivity index (χ3n) is 2.03. The number of nitrogens with one attached hydrogen (secondary N) is 1. The molecule has 1 unspecified atom stereocenters. The van der Waals surface area contributed by atoms with Crippen LogP contribution in [0.4, 0.5) is 5.69 Å². The highest BCUT2D eigenvalue weighted by molar-refractivity contribution is 6.23. The molecule has 0 saturated carbocycles. The highest BCUT2D eigenvalue weighted by Crippen LogP contribution is 2.33. The van der Waals surface area contributed by atoms with Gasteiger partial charge in [-0.25, -0.2) is 0 Å². The lowest BCUT2D eigenvalue weighted by atomic mass is 10.2. The summed E-state index contributed by atoms with van der Waals surface area (Å²) in [6, 6.07) is 7.73. The second kappa shape index (κ2) is 4.03. The Morgan fingerprint density at radius 3 is 2.87 bits per heavy atom. The Labute approximate surface area is 94.3 Å². The van der Waals surface area contributed by atoms with Crippen LogP contribution in [0.3, 0.4) is 0 Å². The van der Waals surface area contributed by atoms with Gasteiger partial charge in [-0.05, 0) is 12.1 Å². The van der Waals surface area contributed by atoms with Gasteiger partial charge in [0, 0.05) is 20.3 Å². The molecular formula is C11H13ClN2O. The molecule has 4 heteroatoms. The molecule has 0 aromatic heterocycles. The molecule has 1 aromatic carbocycles. The highest BCUT2D eigenvalue weighted by Gasteiger charge is 2.21. The minimum Gasteiger partial charge on any atom is -0.454 e. The van der Waals surface area contributed by atoms with Gasteiger partial charge in [-0.1, -0.05) is 23.7 Å². The molecule has 0 radical (unpaired) electrons. The fourth-order valence-electron chi connectivity index (χ4n) is 1.41. The van der Waals surface area contributed by atoms with E-state index < -0.39 is 0 Å². The van der Waals surface area contributed by atoms with Gasteiger partial charge in [0.05, 0.1) is 5.69 Å². The van der Waals surface area contributed by atoms with E-state index >= 15 is 0 Å². The molecule has 0 bridgehead atoms. The highest BCUT2D eigenvalue weighted by atomic mass is 35.5. The predicted octanol–water partition coefficient (Wildman–Crippen LogP) is 2.46. The molecule has 15 heavy (non-hydrogen) atoms. The molecule has 1 N–H and O–H groups in total. The van der Waals surface area contributed by atoms with Crippen LogP contribution in [0.5, 0.6) is 5.75 Å². The van der Waals surface area contributed by atoms with Crippen LogP contribution in [-0.4, -0.2) is 24.5 Å². The molecule has 3 nitrogen and oxygen atoms in total. The van der Waals surface area contributed by atoms with Gasteiger partial charge in [0.2, 0.25) is 0 Å². The average Bonchev–Trinajstić information content (AvgIpc) is 2.18. The van der Waals surface area contributed by atoms with Gasteiger partial charge >= 0.3 is 0 Å². The van der Waals surface area contributed by atoms with Crippen LogP contribution in [0, 0.1) is 0 Å². The predicted molar refractivity (Wildman–Crippen MR) is 62.1 cm³/mol. The summed E-state index contributed by atoms with van der Waals surface area (Å²) in [5.74, 6) is 1.52. The van der Waals surface area contributed by atoms with Crippen LogP contribution in [-0.2, 0) is 0 Å². The molecule has 1 aliphatic rings. The van der Waals surface area contributed by atoms with E-state index in [9.17, 15) is 0 Å². The third-order valence-corrected chi connectivity index (χ3v) is 2.36. The SMILES string of the molecule is CN(C)C=C1Oc2ccccc2NC1Cl. The topological polar surface area (TPSA) is 24.5 Å². The molecule has 80 valence electrons. The summed E-state index contributed by atoms with van der Waals surface area (Å²) in [4.78, 5) is 1.90. The van der Waals surface area contributed by atoms with E-state index in [2.05, 4.69) is 5.32 Å². The summed E-state index contributed by atoms with van der Waals surface area (Å²) in [6.45, 7) is 0. The van der Waals surface area contributed by atoms with E-state index in [1.807, 2.05) is 49.5 Å². The maximum Gasteiger partial charge on any atom is 0.162 e. The van der Waals surface area contributed by atoms with E-state index in [0.717, 1.165) is 11.4 Å². The number of halogens is 1. The average molecular weight is 225 g/mol. The minimum absolute atomic E-state index is 0.317. The van der Waals surface area contributed by atoms with E-state index in [0.29, 0.717) is 5.76 Å².